The summed E-state index contributed by atoms with van der Waals surface area (Å²) < 4.78 is 2.89. The smallest absolute Gasteiger partial charge is 0.139 e. The summed E-state index contributed by atoms with van der Waals surface area (Å²) in [5.41, 5.74) is 11.5. The van der Waals surface area contributed by atoms with Crippen LogP contribution in [0.5, 0.6) is 0 Å². The molecule has 0 aliphatic carbocycles. The number of nitrogen functional groups attached to an aromatic ring is 1. The van der Waals surface area contributed by atoms with Crippen LogP contribution in [0, 0.1) is 13.8 Å². The Morgan fingerprint density at radius 2 is 1.79 bits per heavy atom. The zero-order valence-corrected chi connectivity index (χ0v) is 12.4. The maximum atomic E-state index is 6.26. The van der Waals surface area contributed by atoms with Crippen LogP contribution in [0.15, 0.2) is 41.0 Å². The number of benzene rings is 1. The Hall–Kier alpha value is -1.81. The van der Waals surface area contributed by atoms with Crippen molar-refractivity contribution in [3.05, 3.63) is 52.1 Å². The molecule has 0 saturated heterocycles. The second-order valence-corrected chi connectivity index (χ2v) is 5.60. The third-order valence-corrected chi connectivity index (χ3v) is 3.81. The fraction of sp³-hybridized carbons (Fsp3) is 0.133. The highest BCUT2D eigenvalue weighted by Crippen LogP contribution is 2.32. The Kier molecular flexibility index (Phi) is 2.82. The summed E-state index contributed by atoms with van der Waals surface area (Å²) >= 11 is 3.46. The first-order valence-corrected chi connectivity index (χ1v) is 6.87. The monoisotopic (exact) mass is 315 g/mol. The molecule has 96 valence electrons. The van der Waals surface area contributed by atoms with Gasteiger partial charge in [0.2, 0.25) is 0 Å². The molecule has 2 aromatic heterocycles. The van der Waals surface area contributed by atoms with E-state index in [2.05, 4.69) is 53.0 Å². The van der Waals surface area contributed by atoms with Crippen molar-refractivity contribution >= 4 is 27.4 Å². The third-order valence-electron chi connectivity index (χ3n) is 3.34. The number of aromatic nitrogens is 2. The first-order chi connectivity index (χ1) is 9.08. The Labute approximate surface area is 120 Å². The van der Waals surface area contributed by atoms with E-state index in [9.17, 15) is 0 Å². The van der Waals surface area contributed by atoms with Gasteiger partial charge >= 0.3 is 0 Å². The molecule has 3 aromatic rings. The van der Waals surface area contributed by atoms with Crippen molar-refractivity contribution in [2.75, 3.05) is 5.73 Å². The van der Waals surface area contributed by atoms with E-state index >= 15 is 0 Å². The normalized spacial score (nSPS) is 11.1. The lowest BCUT2D eigenvalue weighted by molar-refractivity contribution is 1.18. The van der Waals surface area contributed by atoms with Gasteiger partial charge in [0.25, 0.3) is 0 Å². The van der Waals surface area contributed by atoms with Crippen LogP contribution in [-0.4, -0.2) is 9.38 Å². The van der Waals surface area contributed by atoms with Crippen LogP contribution in [0.4, 0.5) is 5.82 Å². The zero-order chi connectivity index (χ0) is 13.6. The van der Waals surface area contributed by atoms with Gasteiger partial charge < -0.3 is 5.73 Å². The van der Waals surface area contributed by atoms with Gasteiger partial charge in [0, 0.05) is 16.2 Å². The molecule has 0 amide bonds. The molecule has 0 atom stereocenters. The summed E-state index contributed by atoms with van der Waals surface area (Å²) in [5.74, 6) is 0.675. The first kappa shape index (κ1) is 12.2. The summed E-state index contributed by atoms with van der Waals surface area (Å²) in [6, 6.07) is 10.1. The summed E-state index contributed by atoms with van der Waals surface area (Å²) in [4.78, 5) is 4.66. The maximum absolute atomic E-state index is 6.26. The number of fused-ring (bicyclic) bond motifs is 1. The van der Waals surface area contributed by atoms with Crippen LogP contribution in [0.2, 0.25) is 0 Å². The van der Waals surface area contributed by atoms with Crippen molar-refractivity contribution in [1.82, 2.24) is 9.38 Å². The first-order valence-electron chi connectivity index (χ1n) is 6.07. The van der Waals surface area contributed by atoms with Crippen LogP contribution in [-0.2, 0) is 0 Å². The number of anilines is 1. The summed E-state index contributed by atoms with van der Waals surface area (Å²) in [5, 5.41) is 0. The molecule has 3 rings (SSSR count). The fourth-order valence-corrected chi connectivity index (χ4v) is 2.75. The van der Waals surface area contributed by atoms with Gasteiger partial charge in [-0.05, 0) is 53.0 Å². The van der Waals surface area contributed by atoms with Gasteiger partial charge in [0.05, 0.1) is 0 Å². The van der Waals surface area contributed by atoms with Gasteiger partial charge in [-0.15, -0.1) is 0 Å². The van der Waals surface area contributed by atoms with E-state index in [1.165, 1.54) is 11.1 Å². The number of imidazole rings is 1. The molecule has 0 saturated carbocycles. The van der Waals surface area contributed by atoms with Crippen LogP contribution in [0.25, 0.3) is 16.9 Å². The Bertz CT molecular complexity index is 754. The fourth-order valence-electron chi connectivity index (χ4n) is 2.41. The molecule has 1 aromatic carbocycles. The molecule has 3 nitrogen and oxygen atoms in total. The molecule has 2 heterocycles. The van der Waals surface area contributed by atoms with Crippen LogP contribution >= 0.6 is 15.9 Å². The predicted octanol–water partition coefficient (Wildman–Crippen LogP) is 3.96. The number of aryl methyl sites for hydroxylation is 2. The van der Waals surface area contributed by atoms with Crippen molar-refractivity contribution in [1.29, 1.82) is 0 Å². The van der Waals surface area contributed by atoms with E-state index in [0.717, 1.165) is 21.4 Å². The number of halogens is 1. The topological polar surface area (TPSA) is 43.3 Å². The minimum absolute atomic E-state index is 0.675. The van der Waals surface area contributed by atoms with Crippen LogP contribution in [0.3, 0.4) is 0 Å². The average Bonchev–Trinajstić information content (AvgIpc) is 2.67. The highest BCUT2D eigenvalue weighted by molar-refractivity contribution is 9.10. The van der Waals surface area contributed by atoms with E-state index in [1.54, 1.807) is 0 Å². The molecule has 0 spiro atoms. The van der Waals surface area contributed by atoms with E-state index < -0.39 is 0 Å². The molecule has 4 heteroatoms. The number of hydrogen-bond donors (Lipinski definition) is 1. The van der Waals surface area contributed by atoms with Gasteiger partial charge in [-0.25, -0.2) is 4.98 Å². The molecule has 2 N–H and O–H groups in total. The molecule has 0 unspecified atom stereocenters. The molecular formula is C15H14BrN3. The zero-order valence-electron chi connectivity index (χ0n) is 10.8. The number of hydrogen-bond acceptors (Lipinski definition) is 2. The minimum atomic E-state index is 0.675. The van der Waals surface area contributed by atoms with E-state index in [1.807, 2.05) is 22.7 Å². The SMILES string of the molecule is Cc1cccc(C)c1-c1nc2ccc(Br)cn2c1N. The third kappa shape index (κ3) is 1.92. The summed E-state index contributed by atoms with van der Waals surface area (Å²) in [6.07, 6.45) is 1.94. The summed E-state index contributed by atoms with van der Waals surface area (Å²) in [7, 11) is 0. The predicted molar refractivity (Wildman–Crippen MR) is 82.2 cm³/mol. The number of nitrogens with two attached hydrogens (primary N) is 1. The molecule has 19 heavy (non-hydrogen) atoms. The largest absolute Gasteiger partial charge is 0.383 e. The Balaban J connectivity index is 2.35. The summed E-state index contributed by atoms with van der Waals surface area (Å²) in [6.45, 7) is 4.17. The van der Waals surface area contributed by atoms with Gasteiger partial charge in [-0.3, -0.25) is 4.40 Å². The quantitative estimate of drug-likeness (QED) is 0.738. The number of pyridine rings is 1. The van der Waals surface area contributed by atoms with E-state index in [4.69, 9.17) is 5.73 Å². The average molecular weight is 316 g/mol. The highest BCUT2D eigenvalue weighted by Gasteiger charge is 2.15. The van der Waals surface area contributed by atoms with Crippen molar-refractivity contribution in [2.24, 2.45) is 0 Å². The van der Waals surface area contributed by atoms with Gasteiger partial charge in [-0.1, -0.05) is 18.2 Å². The molecule has 0 aliphatic rings. The lowest BCUT2D eigenvalue weighted by Crippen LogP contribution is -1.96. The van der Waals surface area contributed by atoms with Gasteiger partial charge in [0.1, 0.15) is 17.2 Å². The molecule has 0 radical (unpaired) electrons. The van der Waals surface area contributed by atoms with Gasteiger partial charge in [0.15, 0.2) is 0 Å². The minimum Gasteiger partial charge on any atom is -0.383 e. The second kappa shape index (κ2) is 4.38. The van der Waals surface area contributed by atoms with Crippen molar-refractivity contribution in [2.45, 2.75) is 13.8 Å². The Morgan fingerprint density at radius 3 is 2.47 bits per heavy atom. The highest BCUT2D eigenvalue weighted by atomic mass is 79.9. The number of nitrogens with zero attached hydrogens (tertiary/aromatic N) is 2. The number of rotatable bonds is 1. The van der Waals surface area contributed by atoms with E-state index in [-0.39, 0.29) is 0 Å². The van der Waals surface area contributed by atoms with Crippen molar-refractivity contribution < 1.29 is 0 Å². The second-order valence-electron chi connectivity index (χ2n) is 4.69. The van der Waals surface area contributed by atoms with E-state index in [0.29, 0.717) is 5.82 Å². The Morgan fingerprint density at radius 1 is 1.11 bits per heavy atom. The van der Waals surface area contributed by atoms with Gasteiger partial charge in [-0.2, -0.15) is 0 Å². The standard InChI is InChI=1S/C15H14BrN3/c1-9-4-3-5-10(2)13(9)14-15(17)19-8-11(16)6-7-12(19)18-14/h3-8H,17H2,1-2H3. The van der Waals surface area contributed by atoms with Crippen molar-refractivity contribution in [3.8, 4) is 11.3 Å². The van der Waals surface area contributed by atoms with Crippen molar-refractivity contribution in [3.63, 3.8) is 0 Å². The molecule has 0 aliphatic heterocycles. The molecule has 0 bridgehead atoms. The molecular weight excluding hydrogens is 302 g/mol. The molecule has 0 fully saturated rings. The maximum Gasteiger partial charge on any atom is 0.139 e. The van der Waals surface area contributed by atoms with Crippen LogP contribution in [0.1, 0.15) is 11.1 Å². The lowest BCUT2D eigenvalue weighted by Gasteiger charge is -2.07. The lowest BCUT2D eigenvalue weighted by atomic mass is 10.0. The van der Waals surface area contributed by atoms with Crippen LogP contribution < -0.4 is 5.73 Å².